The third kappa shape index (κ3) is 6.89. The van der Waals surface area contributed by atoms with Gasteiger partial charge in [-0.25, -0.2) is 0 Å². The first-order valence-electron chi connectivity index (χ1n) is 5.00. The SMILES string of the molecule is CC(C)(C)C[C@@H](N)C(=O)OC(C)(C)C. The summed E-state index contributed by atoms with van der Waals surface area (Å²) in [6.07, 6.45) is 0.641. The summed E-state index contributed by atoms with van der Waals surface area (Å²) in [7, 11) is 0. The molecule has 0 aromatic rings. The summed E-state index contributed by atoms with van der Waals surface area (Å²) in [5, 5.41) is 0. The molecular weight excluding hydrogens is 178 g/mol. The van der Waals surface area contributed by atoms with Crippen molar-refractivity contribution in [3.63, 3.8) is 0 Å². The highest BCUT2D eigenvalue weighted by molar-refractivity contribution is 5.75. The number of hydrogen-bond acceptors (Lipinski definition) is 3. The first-order chi connectivity index (χ1) is 6.01. The highest BCUT2D eigenvalue weighted by Gasteiger charge is 2.25. The van der Waals surface area contributed by atoms with Crippen LogP contribution in [0.15, 0.2) is 0 Å². The minimum absolute atomic E-state index is 0.0519. The van der Waals surface area contributed by atoms with Crippen LogP contribution in [0, 0.1) is 5.41 Å². The van der Waals surface area contributed by atoms with Gasteiger partial charge in [0.1, 0.15) is 11.6 Å². The molecule has 1 atom stereocenters. The van der Waals surface area contributed by atoms with Crippen molar-refractivity contribution in [3.05, 3.63) is 0 Å². The Kier molecular flexibility index (Phi) is 4.13. The van der Waals surface area contributed by atoms with E-state index in [9.17, 15) is 4.79 Å². The molecule has 0 aliphatic rings. The third-order valence-corrected chi connectivity index (χ3v) is 1.54. The fraction of sp³-hybridized carbons (Fsp3) is 0.909. The van der Waals surface area contributed by atoms with E-state index in [1.54, 1.807) is 0 Å². The quantitative estimate of drug-likeness (QED) is 0.696. The van der Waals surface area contributed by atoms with Crippen molar-refractivity contribution in [2.75, 3.05) is 0 Å². The molecule has 0 heterocycles. The zero-order chi connectivity index (χ0) is 11.6. The second-order valence-corrected chi connectivity index (χ2v) is 5.90. The summed E-state index contributed by atoms with van der Waals surface area (Å²) in [4.78, 5) is 11.5. The number of hydrogen-bond donors (Lipinski definition) is 1. The van der Waals surface area contributed by atoms with E-state index in [0.29, 0.717) is 6.42 Å². The predicted octanol–water partition coefficient (Wildman–Crippen LogP) is 2.09. The first-order valence-corrected chi connectivity index (χ1v) is 5.00. The van der Waals surface area contributed by atoms with E-state index in [-0.39, 0.29) is 11.4 Å². The molecule has 0 aromatic carbocycles. The van der Waals surface area contributed by atoms with Crippen LogP contribution in [0.1, 0.15) is 48.0 Å². The maximum atomic E-state index is 11.5. The van der Waals surface area contributed by atoms with Gasteiger partial charge in [0, 0.05) is 0 Å². The van der Waals surface area contributed by atoms with Crippen LogP contribution >= 0.6 is 0 Å². The van der Waals surface area contributed by atoms with Crippen LogP contribution in [0.5, 0.6) is 0 Å². The van der Waals surface area contributed by atoms with Gasteiger partial charge < -0.3 is 10.5 Å². The number of carbonyl (C=O) groups excluding carboxylic acids is 1. The van der Waals surface area contributed by atoms with E-state index in [1.165, 1.54) is 0 Å². The van der Waals surface area contributed by atoms with E-state index < -0.39 is 11.6 Å². The Labute approximate surface area is 87.0 Å². The lowest BCUT2D eigenvalue weighted by Crippen LogP contribution is -2.39. The summed E-state index contributed by atoms with van der Waals surface area (Å²) >= 11 is 0. The van der Waals surface area contributed by atoms with Gasteiger partial charge in [-0.1, -0.05) is 20.8 Å². The molecule has 0 aliphatic heterocycles. The van der Waals surface area contributed by atoms with E-state index in [4.69, 9.17) is 10.5 Å². The summed E-state index contributed by atoms with van der Waals surface area (Å²) < 4.78 is 5.18. The number of ether oxygens (including phenoxy) is 1. The fourth-order valence-corrected chi connectivity index (χ4v) is 1.12. The van der Waals surface area contributed by atoms with Gasteiger partial charge in [0.2, 0.25) is 0 Å². The summed E-state index contributed by atoms with van der Waals surface area (Å²) in [6.45, 7) is 11.7. The molecule has 3 heteroatoms. The van der Waals surface area contributed by atoms with Crippen molar-refractivity contribution in [1.29, 1.82) is 0 Å². The molecule has 0 radical (unpaired) electrons. The Bertz CT molecular complexity index is 198. The predicted molar refractivity (Wildman–Crippen MR) is 57.9 cm³/mol. The Balaban J connectivity index is 4.15. The van der Waals surface area contributed by atoms with Crippen LogP contribution < -0.4 is 5.73 Å². The lowest BCUT2D eigenvalue weighted by molar-refractivity contribution is -0.157. The first kappa shape index (κ1) is 13.4. The van der Waals surface area contributed by atoms with Gasteiger partial charge in [-0.2, -0.15) is 0 Å². The highest BCUT2D eigenvalue weighted by atomic mass is 16.6. The largest absolute Gasteiger partial charge is 0.459 e. The van der Waals surface area contributed by atoms with Crippen molar-refractivity contribution in [3.8, 4) is 0 Å². The molecule has 14 heavy (non-hydrogen) atoms. The number of carbonyl (C=O) groups is 1. The van der Waals surface area contributed by atoms with Crippen molar-refractivity contribution in [1.82, 2.24) is 0 Å². The minimum atomic E-state index is -0.519. The number of nitrogens with two attached hydrogens (primary N) is 1. The van der Waals surface area contributed by atoms with Crippen LogP contribution in [0.4, 0.5) is 0 Å². The molecule has 2 N–H and O–H groups in total. The van der Waals surface area contributed by atoms with E-state index >= 15 is 0 Å². The van der Waals surface area contributed by atoms with Crippen molar-refractivity contribution < 1.29 is 9.53 Å². The molecule has 0 aromatic heterocycles. The second kappa shape index (κ2) is 4.30. The van der Waals surface area contributed by atoms with Gasteiger partial charge in [-0.05, 0) is 32.6 Å². The maximum absolute atomic E-state index is 11.5. The van der Waals surface area contributed by atoms with Crippen molar-refractivity contribution in [2.45, 2.75) is 59.6 Å². The Morgan fingerprint density at radius 2 is 1.64 bits per heavy atom. The van der Waals surface area contributed by atoms with Crippen LogP contribution in [0.25, 0.3) is 0 Å². The minimum Gasteiger partial charge on any atom is -0.459 e. The maximum Gasteiger partial charge on any atom is 0.323 e. The smallest absolute Gasteiger partial charge is 0.323 e. The normalized spacial score (nSPS) is 15.1. The van der Waals surface area contributed by atoms with E-state index in [2.05, 4.69) is 20.8 Å². The molecule has 0 saturated carbocycles. The fourth-order valence-electron chi connectivity index (χ4n) is 1.12. The standard InChI is InChI=1S/C11H23NO2/c1-10(2,3)7-8(12)9(13)14-11(4,5)6/h8H,7,12H2,1-6H3/t8-/m1/s1. The van der Waals surface area contributed by atoms with E-state index in [1.807, 2.05) is 20.8 Å². The number of esters is 1. The molecule has 0 spiro atoms. The van der Waals surface area contributed by atoms with Gasteiger partial charge in [0.05, 0.1) is 0 Å². The van der Waals surface area contributed by atoms with Gasteiger partial charge in [-0.15, -0.1) is 0 Å². The Hall–Kier alpha value is -0.570. The molecule has 3 nitrogen and oxygen atoms in total. The molecule has 0 saturated heterocycles. The van der Waals surface area contributed by atoms with Gasteiger partial charge in [-0.3, -0.25) is 4.79 Å². The Morgan fingerprint density at radius 3 is 1.93 bits per heavy atom. The van der Waals surface area contributed by atoms with Gasteiger partial charge in [0.15, 0.2) is 0 Å². The topological polar surface area (TPSA) is 52.3 Å². The Morgan fingerprint density at radius 1 is 1.21 bits per heavy atom. The average molecular weight is 201 g/mol. The van der Waals surface area contributed by atoms with Crippen LogP contribution in [0.3, 0.4) is 0 Å². The van der Waals surface area contributed by atoms with Crippen LogP contribution in [-0.4, -0.2) is 17.6 Å². The molecule has 0 fully saturated rings. The molecule has 0 rings (SSSR count). The lowest BCUT2D eigenvalue weighted by atomic mass is 9.88. The molecule has 0 aliphatic carbocycles. The van der Waals surface area contributed by atoms with Gasteiger partial charge >= 0.3 is 5.97 Å². The van der Waals surface area contributed by atoms with Crippen molar-refractivity contribution >= 4 is 5.97 Å². The van der Waals surface area contributed by atoms with E-state index in [0.717, 1.165) is 0 Å². The summed E-state index contributed by atoms with van der Waals surface area (Å²) in [5.41, 5.74) is 5.34. The number of rotatable bonds is 2. The highest BCUT2D eigenvalue weighted by Crippen LogP contribution is 2.21. The van der Waals surface area contributed by atoms with Gasteiger partial charge in [0.25, 0.3) is 0 Å². The zero-order valence-corrected chi connectivity index (χ0v) is 10.2. The summed E-state index contributed by atoms with van der Waals surface area (Å²) in [5.74, 6) is -0.313. The van der Waals surface area contributed by atoms with Crippen LogP contribution in [-0.2, 0) is 9.53 Å². The molecule has 0 bridgehead atoms. The monoisotopic (exact) mass is 201 g/mol. The molecule has 0 amide bonds. The molecule has 84 valence electrons. The third-order valence-electron chi connectivity index (χ3n) is 1.54. The molecular formula is C11H23NO2. The summed E-state index contributed by atoms with van der Waals surface area (Å²) in [6, 6.07) is -0.519. The average Bonchev–Trinajstić information content (AvgIpc) is 1.78. The second-order valence-electron chi connectivity index (χ2n) is 5.90. The molecule has 0 unspecified atom stereocenters. The van der Waals surface area contributed by atoms with Crippen molar-refractivity contribution in [2.24, 2.45) is 11.1 Å². The lowest BCUT2D eigenvalue weighted by Gasteiger charge is -2.26. The van der Waals surface area contributed by atoms with Crippen LogP contribution in [0.2, 0.25) is 0 Å². The zero-order valence-electron chi connectivity index (χ0n) is 10.2.